The number of nitrogens with zero attached hydrogens (tertiary/aromatic N) is 1. The molecule has 0 aliphatic heterocycles. The van der Waals surface area contributed by atoms with Crippen molar-refractivity contribution in [2.24, 2.45) is 0 Å². The van der Waals surface area contributed by atoms with Gasteiger partial charge < -0.3 is 5.32 Å². The fourth-order valence-corrected chi connectivity index (χ4v) is 2.33. The number of halogens is 1. The van der Waals surface area contributed by atoms with Crippen molar-refractivity contribution in [2.45, 2.75) is 6.92 Å². The van der Waals surface area contributed by atoms with Crippen molar-refractivity contribution in [1.29, 1.82) is 0 Å². The van der Waals surface area contributed by atoms with Crippen LogP contribution in [0.2, 0.25) is 0 Å². The van der Waals surface area contributed by atoms with E-state index in [1.54, 1.807) is 5.38 Å². The summed E-state index contributed by atoms with van der Waals surface area (Å²) in [4.78, 5) is 15.9. The van der Waals surface area contributed by atoms with Crippen LogP contribution in [-0.4, -0.2) is 10.9 Å². The highest BCUT2D eigenvalue weighted by Gasteiger charge is 2.10. The third-order valence-electron chi connectivity index (χ3n) is 1.97. The summed E-state index contributed by atoms with van der Waals surface area (Å²) in [5, 5.41) is 5.50. The third kappa shape index (κ3) is 2.59. The van der Waals surface area contributed by atoms with Gasteiger partial charge in [-0.25, -0.2) is 4.98 Å². The minimum absolute atomic E-state index is 0.159. The summed E-state index contributed by atoms with van der Waals surface area (Å²) in [6.45, 7) is 1.88. The van der Waals surface area contributed by atoms with Crippen molar-refractivity contribution in [3.63, 3.8) is 0 Å². The van der Waals surface area contributed by atoms with Crippen molar-refractivity contribution in [3.8, 4) is 0 Å². The molecule has 1 heterocycles. The average molecular weight is 344 g/mol. The lowest BCUT2D eigenvalue weighted by Crippen LogP contribution is -2.13. The Labute approximate surface area is 111 Å². The number of nitrogens with one attached hydrogen (secondary N) is 1. The molecule has 0 atom stereocenters. The van der Waals surface area contributed by atoms with Gasteiger partial charge in [-0.3, -0.25) is 4.79 Å². The lowest BCUT2D eigenvalue weighted by molar-refractivity contribution is 0.102. The molecule has 82 valence electrons. The second-order valence-electron chi connectivity index (χ2n) is 3.19. The Hall–Kier alpha value is -0.950. The first-order chi connectivity index (χ1) is 7.66. The number of hydrogen-bond acceptors (Lipinski definition) is 3. The number of carbonyl (C=O) groups excluding carboxylic acids is 1. The predicted octanol–water partition coefficient (Wildman–Crippen LogP) is 3.31. The van der Waals surface area contributed by atoms with Gasteiger partial charge in [-0.15, -0.1) is 11.3 Å². The van der Waals surface area contributed by atoms with Gasteiger partial charge in [0.1, 0.15) is 5.69 Å². The van der Waals surface area contributed by atoms with E-state index in [0.29, 0.717) is 5.69 Å². The largest absolute Gasteiger partial charge is 0.320 e. The molecule has 0 aliphatic carbocycles. The van der Waals surface area contributed by atoms with E-state index in [0.717, 1.165) is 14.3 Å². The molecule has 16 heavy (non-hydrogen) atoms. The average Bonchev–Trinajstić information content (AvgIpc) is 2.68. The van der Waals surface area contributed by atoms with Gasteiger partial charge in [0, 0.05) is 8.95 Å². The maximum Gasteiger partial charge on any atom is 0.275 e. The number of thiazole rings is 1. The van der Waals surface area contributed by atoms with E-state index in [4.69, 9.17) is 0 Å². The maximum absolute atomic E-state index is 11.8. The van der Waals surface area contributed by atoms with Crippen LogP contribution in [0.5, 0.6) is 0 Å². The number of anilines is 1. The third-order valence-corrected chi connectivity index (χ3v) is 3.69. The summed E-state index contributed by atoms with van der Waals surface area (Å²) in [6, 6.07) is 7.65. The summed E-state index contributed by atoms with van der Waals surface area (Å²) in [5.74, 6) is -0.159. The molecule has 0 saturated heterocycles. The van der Waals surface area contributed by atoms with Crippen molar-refractivity contribution < 1.29 is 4.79 Å². The topological polar surface area (TPSA) is 42.0 Å². The highest BCUT2D eigenvalue weighted by atomic mass is 127. The summed E-state index contributed by atoms with van der Waals surface area (Å²) in [7, 11) is 0. The first kappa shape index (κ1) is 11.5. The lowest BCUT2D eigenvalue weighted by Gasteiger charge is -2.04. The van der Waals surface area contributed by atoms with Gasteiger partial charge in [0.05, 0.1) is 10.7 Å². The Morgan fingerprint density at radius 2 is 2.19 bits per heavy atom. The number of aromatic nitrogens is 1. The molecule has 1 N–H and O–H groups in total. The fraction of sp³-hybridized carbons (Fsp3) is 0.0909. The monoisotopic (exact) mass is 344 g/mol. The van der Waals surface area contributed by atoms with Crippen LogP contribution in [0.1, 0.15) is 15.5 Å². The fourth-order valence-electron chi connectivity index (χ4n) is 1.22. The van der Waals surface area contributed by atoms with E-state index in [9.17, 15) is 4.79 Å². The van der Waals surface area contributed by atoms with Gasteiger partial charge in [0.2, 0.25) is 0 Å². The summed E-state index contributed by atoms with van der Waals surface area (Å²) in [5.41, 5.74) is 1.29. The SMILES string of the molecule is Cc1nc(C(=O)Nc2ccccc2I)cs1. The van der Waals surface area contributed by atoms with Crippen molar-refractivity contribution in [1.82, 2.24) is 4.98 Å². The van der Waals surface area contributed by atoms with Crippen LogP contribution < -0.4 is 5.32 Å². The van der Waals surface area contributed by atoms with E-state index in [2.05, 4.69) is 32.9 Å². The lowest BCUT2D eigenvalue weighted by atomic mass is 10.3. The molecule has 0 spiro atoms. The molecule has 0 bridgehead atoms. The Kier molecular flexibility index (Phi) is 3.55. The highest BCUT2D eigenvalue weighted by molar-refractivity contribution is 14.1. The Morgan fingerprint density at radius 1 is 1.44 bits per heavy atom. The first-order valence-electron chi connectivity index (χ1n) is 4.65. The summed E-state index contributed by atoms with van der Waals surface area (Å²) < 4.78 is 1.01. The summed E-state index contributed by atoms with van der Waals surface area (Å²) >= 11 is 3.66. The molecule has 0 saturated carbocycles. The van der Waals surface area contributed by atoms with Gasteiger partial charge in [0.15, 0.2) is 0 Å². The Bertz CT molecular complexity index is 524. The van der Waals surface area contributed by atoms with Gasteiger partial charge in [0.25, 0.3) is 5.91 Å². The Balaban J connectivity index is 2.17. The predicted molar refractivity (Wildman–Crippen MR) is 74.0 cm³/mol. The van der Waals surface area contributed by atoms with Crippen LogP contribution >= 0.6 is 33.9 Å². The number of benzene rings is 1. The molecular formula is C11H9IN2OS. The minimum Gasteiger partial charge on any atom is -0.320 e. The van der Waals surface area contributed by atoms with E-state index < -0.39 is 0 Å². The molecule has 1 aromatic carbocycles. The van der Waals surface area contributed by atoms with E-state index in [1.807, 2.05) is 31.2 Å². The molecule has 2 aromatic rings. The number of hydrogen-bond donors (Lipinski definition) is 1. The number of aryl methyl sites for hydroxylation is 1. The molecule has 0 unspecified atom stereocenters. The smallest absolute Gasteiger partial charge is 0.275 e. The first-order valence-corrected chi connectivity index (χ1v) is 6.60. The van der Waals surface area contributed by atoms with Crippen LogP contribution in [0.4, 0.5) is 5.69 Å². The van der Waals surface area contributed by atoms with Gasteiger partial charge >= 0.3 is 0 Å². The zero-order valence-corrected chi connectivity index (χ0v) is 11.5. The molecule has 0 fully saturated rings. The number of para-hydroxylation sites is 1. The zero-order valence-electron chi connectivity index (χ0n) is 8.53. The van der Waals surface area contributed by atoms with Crippen molar-refractivity contribution in [2.75, 3.05) is 5.32 Å². The maximum atomic E-state index is 11.8. The molecular weight excluding hydrogens is 335 g/mol. The molecule has 5 heteroatoms. The van der Waals surface area contributed by atoms with Gasteiger partial charge in [-0.1, -0.05) is 12.1 Å². The summed E-state index contributed by atoms with van der Waals surface area (Å²) in [6.07, 6.45) is 0. The van der Waals surface area contributed by atoms with E-state index >= 15 is 0 Å². The standard InChI is InChI=1S/C11H9IN2OS/c1-7-13-10(6-16-7)11(15)14-9-5-3-2-4-8(9)12/h2-6H,1H3,(H,14,15). The van der Waals surface area contributed by atoms with Gasteiger partial charge in [-0.05, 0) is 41.6 Å². The van der Waals surface area contributed by atoms with Crippen molar-refractivity contribution in [3.05, 3.63) is 43.9 Å². The highest BCUT2D eigenvalue weighted by Crippen LogP contribution is 2.18. The van der Waals surface area contributed by atoms with Crippen LogP contribution in [0.25, 0.3) is 0 Å². The molecule has 0 aliphatic rings. The second kappa shape index (κ2) is 4.92. The number of rotatable bonds is 2. The van der Waals surface area contributed by atoms with E-state index in [1.165, 1.54) is 11.3 Å². The molecule has 2 rings (SSSR count). The minimum atomic E-state index is -0.159. The molecule has 0 radical (unpaired) electrons. The quantitative estimate of drug-likeness (QED) is 0.850. The van der Waals surface area contributed by atoms with Crippen LogP contribution in [0.3, 0.4) is 0 Å². The van der Waals surface area contributed by atoms with E-state index in [-0.39, 0.29) is 5.91 Å². The van der Waals surface area contributed by atoms with Crippen molar-refractivity contribution >= 4 is 45.5 Å². The van der Waals surface area contributed by atoms with Crippen LogP contribution in [0.15, 0.2) is 29.6 Å². The van der Waals surface area contributed by atoms with Crippen LogP contribution in [0, 0.1) is 10.5 Å². The Morgan fingerprint density at radius 3 is 2.81 bits per heavy atom. The number of amides is 1. The zero-order chi connectivity index (χ0) is 11.5. The second-order valence-corrected chi connectivity index (χ2v) is 5.41. The van der Waals surface area contributed by atoms with Crippen LogP contribution in [-0.2, 0) is 0 Å². The number of carbonyl (C=O) groups is 1. The van der Waals surface area contributed by atoms with Gasteiger partial charge in [-0.2, -0.15) is 0 Å². The normalized spacial score (nSPS) is 10.1. The molecule has 3 nitrogen and oxygen atoms in total. The molecule has 1 amide bonds. The molecule has 1 aromatic heterocycles.